The maximum Gasteiger partial charge on any atom is 0.256 e. The Labute approximate surface area is 83.5 Å². The Kier molecular flexibility index (Phi) is 3.48. The summed E-state index contributed by atoms with van der Waals surface area (Å²) in [6.45, 7) is 3.75. The SMILES string of the molecule is Cc1cccc(N[C@H](C)C(=O)NN)c1. The summed E-state index contributed by atoms with van der Waals surface area (Å²) in [7, 11) is 0. The summed E-state index contributed by atoms with van der Waals surface area (Å²) in [6, 6.07) is 7.48. The smallest absolute Gasteiger partial charge is 0.256 e. The summed E-state index contributed by atoms with van der Waals surface area (Å²) in [5.74, 6) is 4.79. The normalized spacial score (nSPS) is 11.9. The molecule has 76 valence electrons. The van der Waals surface area contributed by atoms with Crippen LogP contribution >= 0.6 is 0 Å². The number of anilines is 1. The van der Waals surface area contributed by atoms with Gasteiger partial charge in [-0.2, -0.15) is 0 Å². The molecule has 0 aliphatic heterocycles. The second-order valence-electron chi connectivity index (χ2n) is 3.24. The molecular weight excluding hydrogens is 178 g/mol. The van der Waals surface area contributed by atoms with Gasteiger partial charge >= 0.3 is 0 Å². The van der Waals surface area contributed by atoms with Gasteiger partial charge in [0.1, 0.15) is 6.04 Å². The Balaban J connectivity index is 2.64. The highest BCUT2D eigenvalue weighted by Crippen LogP contribution is 2.10. The molecule has 1 aromatic rings. The zero-order chi connectivity index (χ0) is 10.6. The first-order valence-corrected chi connectivity index (χ1v) is 4.47. The first-order chi connectivity index (χ1) is 6.63. The van der Waals surface area contributed by atoms with Crippen molar-refractivity contribution in [2.24, 2.45) is 5.84 Å². The van der Waals surface area contributed by atoms with Gasteiger partial charge in [-0.1, -0.05) is 12.1 Å². The van der Waals surface area contributed by atoms with Gasteiger partial charge in [-0.3, -0.25) is 10.2 Å². The molecule has 0 saturated carbocycles. The molecule has 0 saturated heterocycles. The summed E-state index contributed by atoms with van der Waals surface area (Å²) in [4.78, 5) is 11.1. The fourth-order valence-corrected chi connectivity index (χ4v) is 1.18. The van der Waals surface area contributed by atoms with Crippen molar-refractivity contribution in [1.82, 2.24) is 5.43 Å². The van der Waals surface area contributed by atoms with Crippen molar-refractivity contribution in [3.05, 3.63) is 29.8 Å². The molecule has 4 nitrogen and oxygen atoms in total. The molecule has 0 bridgehead atoms. The third-order valence-electron chi connectivity index (χ3n) is 1.94. The molecule has 1 atom stereocenters. The fraction of sp³-hybridized carbons (Fsp3) is 0.300. The van der Waals surface area contributed by atoms with Gasteiger partial charge in [0.05, 0.1) is 0 Å². The molecule has 0 aromatic heterocycles. The van der Waals surface area contributed by atoms with E-state index in [1.165, 1.54) is 0 Å². The highest BCUT2D eigenvalue weighted by atomic mass is 16.2. The van der Waals surface area contributed by atoms with Gasteiger partial charge in [0.25, 0.3) is 5.91 Å². The van der Waals surface area contributed by atoms with Crippen LogP contribution in [0.1, 0.15) is 12.5 Å². The van der Waals surface area contributed by atoms with Gasteiger partial charge in [-0.05, 0) is 31.5 Å². The maximum atomic E-state index is 11.1. The van der Waals surface area contributed by atoms with Gasteiger partial charge in [0, 0.05) is 5.69 Å². The first-order valence-electron chi connectivity index (χ1n) is 4.47. The van der Waals surface area contributed by atoms with E-state index in [1.807, 2.05) is 31.2 Å². The van der Waals surface area contributed by atoms with E-state index in [2.05, 4.69) is 10.7 Å². The number of nitrogens with two attached hydrogens (primary N) is 1. The predicted octanol–water partition coefficient (Wildman–Crippen LogP) is 0.785. The molecule has 0 fully saturated rings. The number of nitrogens with one attached hydrogen (secondary N) is 2. The quantitative estimate of drug-likeness (QED) is 0.377. The molecule has 1 rings (SSSR count). The largest absolute Gasteiger partial charge is 0.374 e. The summed E-state index contributed by atoms with van der Waals surface area (Å²) in [5, 5.41) is 3.04. The summed E-state index contributed by atoms with van der Waals surface area (Å²) >= 11 is 0. The molecule has 0 radical (unpaired) electrons. The number of benzene rings is 1. The molecular formula is C10H15N3O. The molecule has 0 unspecified atom stereocenters. The first kappa shape index (κ1) is 10.5. The molecule has 4 heteroatoms. The van der Waals surface area contributed by atoms with Crippen LogP contribution in [0.15, 0.2) is 24.3 Å². The number of aryl methyl sites for hydroxylation is 1. The number of carbonyl (C=O) groups excluding carboxylic acids is 1. The van der Waals surface area contributed by atoms with Crippen molar-refractivity contribution in [3.63, 3.8) is 0 Å². The Bertz CT molecular complexity index is 325. The lowest BCUT2D eigenvalue weighted by atomic mass is 10.2. The van der Waals surface area contributed by atoms with E-state index >= 15 is 0 Å². The predicted molar refractivity (Wildman–Crippen MR) is 56.6 cm³/mol. The van der Waals surface area contributed by atoms with Crippen molar-refractivity contribution in [3.8, 4) is 0 Å². The van der Waals surface area contributed by atoms with Gasteiger partial charge in [-0.25, -0.2) is 5.84 Å². The number of hydrazine groups is 1. The van der Waals surface area contributed by atoms with E-state index in [-0.39, 0.29) is 11.9 Å². The maximum absolute atomic E-state index is 11.1. The average Bonchev–Trinajstić information content (AvgIpc) is 2.16. The monoisotopic (exact) mass is 193 g/mol. The number of amides is 1. The number of carbonyl (C=O) groups is 1. The van der Waals surface area contributed by atoms with Crippen LogP contribution in [0, 0.1) is 6.92 Å². The molecule has 0 aliphatic carbocycles. The van der Waals surface area contributed by atoms with E-state index in [0.29, 0.717) is 0 Å². The zero-order valence-corrected chi connectivity index (χ0v) is 8.37. The van der Waals surface area contributed by atoms with Crippen molar-refractivity contribution >= 4 is 11.6 Å². The van der Waals surface area contributed by atoms with Crippen molar-refractivity contribution in [2.75, 3.05) is 5.32 Å². The Morgan fingerprint density at radius 3 is 2.79 bits per heavy atom. The van der Waals surface area contributed by atoms with Crippen LogP contribution in [0.4, 0.5) is 5.69 Å². The van der Waals surface area contributed by atoms with Gasteiger partial charge in [0.2, 0.25) is 0 Å². The van der Waals surface area contributed by atoms with Crippen LogP contribution in [0.3, 0.4) is 0 Å². The topological polar surface area (TPSA) is 67.2 Å². The molecule has 0 spiro atoms. The molecule has 14 heavy (non-hydrogen) atoms. The van der Waals surface area contributed by atoms with Crippen molar-refractivity contribution in [2.45, 2.75) is 19.9 Å². The van der Waals surface area contributed by atoms with Crippen LogP contribution in [0.2, 0.25) is 0 Å². The lowest BCUT2D eigenvalue weighted by Gasteiger charge is -2.13. The second kappa shape index (κ2) is 4.62. The molecule has 1 amide bonds. The van der Waals surface area contributed by atoms with E-state index in [1.54, 1.807) is 6.92 Å². The van der Waals surface area contributed by atoms with E-state index in [4.69, 9.17) is 5.84 Å². The molecule has 0 aliphatic rings. The van der Waals surface area contributed by atoms with Gasteiger partial charge in [0.15, 0.2) is 0 Å². The highest BCUT2D eigenvalue weighted by molar-refractivity contribution is 5.83. The fourth-order valence-electron chi connectivity index (χ4n) is 1.18. The molecule has 1 aromatic carbocycles. The minimum atomic E-state index is -0.332. The van der Waals surface area contributed by atoms with Crippen LogP contribution in [-0.4, -0.2) is 11.9 Å². The van der Waals surface area contributed by atoms with E-state index < -0.39 is 0 Å². The third-order valence-corrected chi connectivity index (χ3v) is 1.94. The average molecular weight is 193 g/mol. The zero-order valence-electron chi connectivity index (χ0n) is 8.37. The number of hydrogen-bond donors (Lipinski definition) is 3. The molecule has 4 N–H and O–H groups in total. The Morgan fingerprint density at radius 2 is 2.21 bits per heavy atom. The standard InChI is InChI=1S/C10H15N3O/c1-7-4-3-5-9(6-7)12-8(2)10(14)13-11/h3-6,8,12H,11H2,1-2H3,(H,13,14)/t8-/m1/s1. The summed E-state index contributed by atoms with van der Waals surface area (Å²) in [5.41, 5.74) is 4.16. The van der Waals surface area contributed by atoms with Crippen molar-refractivity contribution < 1.29 is 4.79 Å². The Hall–Kier alpha value is -1.55. The number of hydrogen-bond acceptors (Lipinski definition) is 3. The van der Waals surface area contributed by atoms with E-state index in [0.717, 1.165) is 11.3 Å². The van der Waals surface area contributed by atoms with Crippen LogP contribution in [0.25, 0.3) is 0 Å². The minimum absolute atomic E-state index is 0.230. The van der Waals surface area contributed by atoms with Gasteiger partial charge < -0.3 is 5.32 Å². The lowest BCUT2D eigenvalue weighted by molar-refractivity contribution is -0.121. The number of rotatable bonds is 3. The second-order valence-corrected chi connectivity index (χ2v) is 3.24. The van der Waals surface area contributed by atoms with Crippen LogP contribution < -0.4 is 16.6 Å². The van der Waals surface area contributed by atoms with Crippen molar-refractivity contribution in [1.29, 1.82) is 0 Å². The summed E-state index contributed by atoms with van der Waals surface area (Å²) < 4.78 is 0. The Morgan fingerprint density at radius 1 is 1.50 bits per heavy atom. The van der Waals surface area contributed by atoms with E-state index in [9.17, 15) is 4.79 Å². The lowest BCUT2D eigenvalue weighted by Crippen LogP contribution is -2.41. The summed E-state index contributed by atoms with van der Waals surface area (Å²) in [6.07, 6.45) is 0. The highest BCUT2D eigenvalue weighted by Gasteiger charge is 2.09. The third kappa shape index (κ3) is 2.74. The van der Waals surface area contributed by atoms with Crippen LogP contribution in [0.5, 0.6) is 0 Å². The van der Waals surface area contributed by atoms with Crippen LogP contribution in [-0.2, 0) is 4.79 Å². The minimum Gasteiger partial charge on any atom is -0.374 e. The van der Waals surface area contributed by atoms with Gasteiger partial charge in [-0.15, -0.1) is 0 Å². The molecule has 0 heterocycles.